The zero-order valence-electron chi connectivity index (χ0n) is 8.49. The van der Waals surface area contributed by atoms with Crippen molar-refractivity contribution in [1.82, 2.24) is 10.3 Å². The number of benzene rings is 1. The number of hydrogen-bond acceptors (Lipinski definition) is 3. The molecule has 1 aromatic carbocycles. The summed E-state index contributed by atoms with van der Waals surface area (Å²) >= 11 is 0. The molecule has 0 aliphatic heterocycles. The van der Waals surface area contributed by atoms with Crippen LogP contribution in [0.1, 0.15) is 11.1 Å². The van der Waals surface area contributed by atoms with E-state index in [9.17, 15) is 0 Å². The fourth-order valence-corrected chi connectivity index (χ4v) is 1.66. The van der Waals surface area contributed by atoms with Crippen LogP contribution in [0.5, 0.6) is 0 Å². The minimum Gasteiger partial charge on any atom is -0.316 e. The summed E-state index contributed by atoms with van der Waals surface area (Å²) in [5.74, 6) is 0. The lowest BCUT2D eigenvalue weighted by Crippen LogP contribution is -2.06. The molecule has 3 heteroatoms. The molecule has 0 radical (unpaired) electrons. The van der Waals surface area contributed by atoms with Crippen LogP contribution in [0.15, 0.2) is 30.5 Å². The second kappa shape index (κ2) is 4.07. The molecule has 0 aliphatic rings. The van der Waals surface area contributed by atoms with Crippen molar-refractivity contribution in [2.75, 3.05) is 7.05 Å². The third-order valence-electron chi connectivity index (χ3n) is 2.34. The molecule has 74 valence electrons. The van der Waals surface area contributed by atoms with Gasteiger partial charge >= 0.3 is 0 Å². The van der Waals surface area contributed by atoms with E-state index in [2.05, 4.69) is 16.4 Å². The van der Waals surface area contributed by atoms with Gasteiger partial charge in [0.15, 0.2) is 0 Å². The normalized spacial score (nSPS) is 10.1. The average Bonchev–Trinajstić information content (AvgIpc) is 2.30. The quantitative estimate of drug-likeness (QED) is 0.799. The fraction of sp³-hybridized carbons (Fsp3) is 0.167. The first kappa shape index (κ1) is 9.63. The lowest BCUT2D eigenvalue weighted by molar-refractivity contribution is 0.821. The summed E-state index contributed by atoms with van der Waals surface area (Å²) in [5.41, 5.74) is 2.70. The number of nitrogens with zero attached hydrogens (tertiary/aromatic N) is 2. The van der Waals surface area contributed by atoms with Gasteiger partial charge in [-0.15, -0.1) is 0 Å². The van der Waals surface area contributed by atoms with Gasteiger partial charge in [-0.2, -0.15) is 5.26 Å². The summed E-state index contributed by atoms with van der Waals surface area (Å²) in [4.78, 5) is 4.32. The predicted octanol–water partition coefficient (Wildman–Crippen LogP) is 1.83. The Morgan fingerprint density at radius 1 is 1.40 bits per heavy atom. The molecule has 1 N–H and O–H groups in total. The van der Waals surface area contributed by atoms with E-state index in [1.54, 1.807) is 6.20 Å². The van der Waals surface area contributed by atoms with Gasteiger partial charge in [0.1, 0.15) is 0 Å². The second-order valence-corrected chi connectivity index (χ2v) is 3.31. The fourth-order valence-electron chi connectivity index (χ4n) is 1.66. The lowest BCUT2D eigenvalue weighted by Gasteiger charge is -2.05. The number of nitriles is 1. The third kappa shape index (κ3) is 1.67. The van der Waals surface area contributed by atoms with E-state index in [-0.39, 0.29) is 0 Å². The topological polar surface area (TPSA) is 48.7 Å². The van der Waals surface area contributed by atoms with Crippen LogP contribution in [0.2, 0.25) is 0 Å². The first-order chi connectivity index (χ1) is 7.36. The first-order valence-corrected chi connectivity index (χ1v) is 4.78. The van der Waals surface area contributed by atoms with Gasteiger partial charge in [-0.3, -0.25) is 4.98 Å². The molecule has 0 fully saturated rings. The molecular formula is C12H11N3. The summed E-state index contributed by atoms with van der Waals surface area (Å²) in [6.45, 7) is 0.763. The molecule has 0 atom stereocenters. The minimum atomic E-state index is 0.679. The maximum atomic E-state index is 8.96. The molecule has 2 rings (SSSR count). The predicted molar refractivity (Wildman–Crippen MR) is 59.2 cm³/mol. The molecule has 0 amide bonds. The van der Waals surface area contributed by atoms with Crippen LogP contribution in [0, 0.1) is 11.3 Å². The molecule has 0 saturated heterocycles. The van der Waals surface area contributed by atoms with Gasteiger partial charge in [0.25, 0.3) is 0 Å². The second-order valence-electron chi connectivity index (χ2n) is 3.31. The molecular weight excluding hydrogens is 186 g/mol. The number of pyridine rings is 1. The molecule has 15 heavy (non-hydrogen) atoms. The van der Waals surface area contributed by atoms with Crippen LogP contribution < -0.4 is 5.32 Å². The van der Waals surface area contributed by atoms with E-state index in [1.807, 2.05) is 31.3 Å². The number of nitrogens with one attached hydrogen (secondary N) is 1. The van der Waals surface area contributed by atoms with Crippen molar-refractivity contribution < 1.29 is 0 Å². The Morgan fingerprint density at radius 2 is 2.27 bits per heavy atom. The van der Waals surface area contributed by atoms with Crippen LogP contribution >= 0.6 is 0 Å². The molecule has 1 heterocycles. The van der Waals surface area contributed by atoms with Crippen molar-refractivity contribution in [2.45, 2.75) is 6.54 Å². The highest BCUT2D eigenvalue weighted by molar-refractivity contribution is 5.87. The molecule has 1 aromatic heterocycles. The summed E-state index contributed by atoms with van der Waals surface area (Å²) in [5, 5.41) is 13.0. The summed E-state index contributed by atoms with van der Waals surface area (Å²) in [7, 11) is 1.90. The van der Waals surface area contributed by atoms with E-state index in [4.69, 9.17) is 5.26 Å². The van der Waals surface area contributed by atoms with Crippen LogP contribution in [0.25, 0.3) is 10.9 Å². The maximum absolute atomic E-state index is 8.96. The average molecular weight is 197 g/mol. The Kier molecular flexibility index (Phi) is 2.61. The highest BCUT2D eigenvalue weighted by Gasteiger charge is 2.05. The minimum absolute atomic E-state index is 0.679. The molecule has 0 saturated carbocycles. The smallest absolute Gasteiger partial charge is 0.0998 e. The SMILES string of the molecule is CNCc1ccc(C#N)c2cccnc12. The van der Waals surface area contributed by atoms with Crippen LogP contribution in [0.4, 0.5) is 0 Å². The standard InChI is InChI=1S/C12H11N3/c1-14-8-10-5-4-9(7-13)11-3-2-6-15-12(10)11/h2-6,14H,8H2,1H3. The van der Waals surface area contributed by atoms with Crippen molar-refractivity contribution >= 4 is 10.9 Å². The van der Waals surface area contributed by atoms with Crippen molar-refractivity contribution in [2.24, 2.45) is 0 Å². The molecule has 2 aromatic rings. The van der Waals surface area contributed by atoms with E-state index in [0.717, 1.165) is 23.0 Å². The van der Waals surface area contributed by atoms with E-state index in [1.165, 1.54) is 0 Å². The summed E-state index contributed by atoms with van der Waals surface area (Å²) in [6.07, 6.45) is 1.75. The van der Waals surface area contributed by atoms with Gasteiger partial charge in [-0.1, -0.05) is 6.07 Å². The number of aromatic nitrogens is 1. The van der Waals surface area contributed by atoms with Gasteiger partial charge in [0.05, 0.1) is 17.1 Å². The molecule has 0 unspecified atom stereocenters. The monoisotopic (exact) mass is 197 g/mol. The van der Waals surface area contributed by atoms with Gasteiger partial charge in [0, 0.05) is 18.1 Å². The zero-order chi connectivity index (χ0) is 10.7. The largest absolute Gasteiger partial charge is 0.316 e. The number of hydrogen-bond donors (Lipinski definition) is 1. The van der Waals surface area contributed by atoms with E-state index >= 15 is 0 Å². The molecule has 0 aliphatic carbocycles. The van der Waals surface area contributed by atoms with Gasteiger partial charge < -0.3 is 5.32 Å². The van der Waals surface area contributed by atoms with Crippen molar-refractivity contribution in [3.63, 3.8) is 0 Å². The van der Waals surface area contributed by atoms with Gasteiger partial charge in [0.2, 0.25) is 0 Å². The Balaban J connectivity index is 2.73. The Morgan fingerprint density at radius 3 is 3.00 bits per heavy atom. The van der Waals surface area contributed by atoms with Crippen molar-refractivity contribution in [3.8, 4) is 6.07 Å². The Hall–Kier alpha value is -1.92. The third-order valence-corrected chi connectivity index (χ3v) is 2.34. The first-order valence-electron chi connectivity index (χ1n) is 4.78. The van der Waals surface area contributed by atoms with Crippen molar-refractivity contribution in [1.29, 1.82) is 5.26 Å². The van der Waals surface area contributed by atoms with Crippen LogP contribution in [0.3, 0.4) is 0 Å². The van der Waals surface area contributed by atoms with Gasteiger partial charge in [-0.05, 0) is 30.8 Å². The lowest BCUT2D eigenvalue weighted by atomic mass is 10.0. The highest BCUT2D eigenvalue weighted by atomic mass is 14.8. The number of rotatable bonds is 2. The summed E-state index contributed by atoms with van der Waals surface area (Å²) in [6, 6.07) is 9.76. The Labute approximate surface area is 88.4 Å². The van der Waals surface area contributed by atoms with Crippen molar-refractivity contribution in [3.05, 3.63) is 41.6 Å². The molecule has 3 nitrogen and oxygen atoms in total. The summed E-state index contributed by atoms with van der Waals surface area (Å²) < 4.78 is 0. The van der Waals surface area contributed by atoms with Gasteiger partial charge in [-0.25, -0.2) is 0 Å². The Bertz CT molecular complexity index is 526. The maximum Gasteiger partial charge on any atom is 0.0998 e. The molecule has 0 bridgehead atoms. The van der Waals surface area contributed by atoms with E-state index in [0.29, 0.717) is 5.56 Å². The zero-order valence-corrected chi connectivity index (χ0v) is 8.49. The molecule has 0 spiro atoms. The van der Waals surface area contributed by atoms with Crippen LogP contribution in [-0.2, 0) is 6.54 Å². The van der Waals surface area contributed by atoms with E-state index < -0.39 is 0 Å². The van der Waals surface area contributed by atoms with Crippen LogP contribution in [-0.4, -0.2) is 12.0 Å². The highest BCUT2D eigenvalue weighted by Crippen LogP contribution is 2.19. The number of fused-ring (bicyclic) bond motifs is 1.